The summed E-state index contributed by atoms with van der Waals surface area (Å²) in [7, 11) is 0. The highest BCUT2D eigenvalue weighted by molar-refractivity contribution is 5.78. The van der Waals surface area contributed by atoms with E-state index < -0.39 is 0 Å². The molecule has 1 aliphatic rings. The highest BCUT2D eigenvalue weighted by atomic mass is 19.1. The summed E-state index contributed by atoms with van der Waals surface area (Å²) in [5.74, 6) is -0.324. The van der Waals surface area contributed by atoms with Crippen LogP contribution < -0.4 is 10.6 Å². The van der Waals surface area contributed by atoms with Crippen molar-refractivity contribution in [3.8, 4) is 0 Å². The summed E-state index contributed by atoms with van der Waals surface area (Å²) in [6.07, 6.45) is 4.72. The van der Waals surface area contributed by atoms with E-state index in [0.29, 0.717) is 13.0 Å². The van der Waals surface area contributed by atoms with Crippen LogP contribution in [-0.4, -0.2) is 36.2 Å². The predicted octanol–water partition coefficient (Wildman–Crippen LogP) is 1.38. The Bertz CT molecular complexity index is 456. The van der Waals surface area contributed by atoms with Gasteiger partial charge in [0.25, 0.3) is 0 Å². The zero-order valence-corrected chi connectivity index (χ0v) is 12.2. The molecule has 0 radical (unpaired) electrons. The monoisotopic (exact) mass is 294 g/mol. The molecule has 0 aromatic heterocycles. The third-order valence-corrected chi connectivity index (χ3v) is 4.14. The first kappa shape index (κ1) is 15.9. The Hall–Kier alpha value is -1.46. The van der Waals surface area contributed by atoms with Crippen molar-refractivity contribution in [2.45, 2.75) is 37.6 Å². The fraction of sp³-hybridized carbons (Fsp3) is 0.562. The summed E-state index contributed by atoms with van der Waals surface area (Å²) >= 11 is 0. The van der Waals surface area contributed by atoms with E-state index >= 15 is 0 Å². The van der Waals surface area contributed by atoms with E-state index in [0.717, 1.165) is 31.2 Å². The number of carbonyl (C=O) groups is 1. The average molecular weight is 294 g/mol. The fourth-order valence-electron chi connectivity index (χ4n) is 2.77. The molecule has 2 rings (SSSR count). The maximum Gasteiger partial charge on any atom is 0.233 e. The van der Waals surface area contributed by atoms with Gasteiger partial charge < -0.3 is 15.7 Å². The van der Waals surface area contributed by atoms with Crippen molar-refractivity contribution >= 4 is 5.91 Å². The molecular formula is C16H23FN2O2. The molecule has 21 heavy (non-hydrogen) atoms. The normalized spacial score (nSPS) is 16.9. The van der Waals surface area contributed by atoms with Crippen molar-refractivity contribution in [2.75, 3.05) is 19.7 Å². The van der Waals surface area contributed by atoms with Gasteiger partial charge in [-0.25, -0.2) is 4.39 Å². The summed E-state index contributed by atoms with van der Waals surface area (Å²) in [4.78, 5) is 11.8. The molecule has 0 saturated heterocycles. The number of aliphatic hydroxyl groups is 1. The number of nitrogens with one attached hydrogen (secondary N) is 2. The summed E-state index contributed by atoms with van der Waals surface area (Å²) < 4.78 is 12.8. The van der Waals surface area contributed by atoms with Crippen LogP contribution in [0, 0.1) is 5.82 Å². The molecule has 3 N–H and O–H groups in total. The Balaban J connectivity index is 1.66. The van der Waals surface area contributed by atoms with Crippen molar-refractivity contribution in [1.82, 2.24) is 10.6 Å². The topological polar surface area (TPSA) is 61.4 Å². The van der Waals surface area contributed by atoms with Crippen molar-refractivity contribution in [3.63, 3.8) is 0 Å². The van der Waals surface area contributed by atoms with Crippen molar-refractivity contribution in [3.05, 3.63) is 35.6 Å². The molecule has 1 amide bonds. The van der Waals surface area contributed by atoms with Crippen LogP contribution >= 0.6 is 0 Å². The Morgan fingerprint density at radius 3 is 2.52 bits per heavy atom. The highest BCUT2D eigenvalue weighted by Crippen LogP contribution is 2.28. The van der Waals surface area contributed by atoms with Crippen LogP contribution in [0.25, 0.3) is 0 Å². The zero-order valence-electron chi connectivity index (χ0n) is 12.2. The lowest BCUT2D eigenvalue weighted by Gasteiger charge is -2.27. The Morgan fingerprint density at radius 1 is 1.24 bits per heavy atom. The highest BCUT2D eigenvalue weighted by Gasteiger charge is 2.32. The molecule has 4 nitrogen and oxygen atoms in total. The Kier molecular flexibility index (Phi) is 5.70. The molecular weight excluding hydrogens is 271 g/mol. The van der Waals surface area contributed by atoms with E-state index in [9.17, 15) is 14.3 Å². The van der Waals surface area contributed by atoms with Crippen LogP contribution in [0.3, 0.4) is 0 Å². The van der Waals surface area contributed by atoms with E-state index in [2.05, 4.69) is 10.6 Å². The fourth-order valence-corrected chi connectivity index (χ4v) is 2.77. The van der Waals surface area contributed by atoms with Crippen LogP contribution in [0.4, 0.5) is 4.39 Å². The maximum atomic E-state index is 12.8. The van der Waals surface area contributed by atoms with Gasteiger partial charge in [-0.3, -0.25) is 4.79 Å². The molecule has 116 valence electrons. The molecule has 5 heteroatoms. The second kappa shape index (κ2) is 7.52. The molecule has 1 aromatic carbocycles. The first-order chi connectivity index (χ1) is 10.1. The van der Waals surface area contributed by atoms with Gasteiger partial charge in [0.2, 0.25) is 5.91 Å². The van der Waals surface area contributed by atoms with Gasteiger partial charge >= 0.3 is 0 Å². The molecule has 0 aliphatic heterocycles. The predicted molar refractivity (Wildman–Crippen MR) is 79.4 cm³/mol. The summed E-state index contributed by atoms with van der Waals surface area (Å²) in [6.45, 7) is 0.831. The van der Waals surface area contributed by atoms with Gasteiger partial charge in [-0.2, -0.15) is 0 Å². The number of benzene rings is 1. The smallest absolute Gasteiger partial charge is 0.233 e. The molecule has 0 atom stereocenters. The lowest BCUT2D eigenvalue weighted by atomic mass is 9.99. The van der Waals surface area contributed by atoms with E-state index in [1.165, 1.54) is 12.1 Å². The molecule has 1 aliphatic carbocycles. The van der Waals surface area contributed by atoms with Gasteiger partial charge in [-0.15, -0.1) is 0 Å². The van der Waals surface area contributed by atoms with Gasteiger partial charge in [0.05, 0.1) is 13.2 Å². The SMILES string of the molecule is O=C(CNC1(CO)CCCC1)NCCc1ccc(F)cc1. The van der Waals surface area contributed by atoms with Gasteiger partial charge in [0.1, 0.15) is 5.82 Å². The van der Waals surface area contributed by atoms with E-state index in [1.54, 1.807) is 12.1 Å². The lowest BCUT2D eigenvalue weighted by Crippen LogP contribution is -2.50. The first-order valence-electron chi connectivity index (χ1n) is 7.51. The lowest BCUT2D eigenvalue weighted by molar-refractivity contribution is -0.120. The maximum absolute atomic E-state index is 12.8. The standard InChI is InChI=1S/C16H23FN2O2/c17-14-5-3-13(4-6-14)7-10-18-15(21)11-19-16(12-20)8-1-2-9-16/h3-6,19-20H,1-2,7-12H2,(H,18,21). The largest absolute Gasteiger partial charge is 0.394 e. The Labute approximate surface area is 124 Å². The summed E-state index contributed by atoms with van der Waals surface area (Å²) in [5, 5.41) is 15.5. The zero-order chi connectivity index (χ0) is 15.1. The number of halogens is 1. The molecule has 0 unspecified atom stereocenters. The van der Waals surface area contributed by atoms with E-state index in [1.807, 2.05) is 0 Å². The molecule has 0 heterocycles. The van der Waals surface area contributed by atoms with Crippen molar-refractivity contribution < 1.29 is 14.3 Å². The van der Waals surface area contributed by atoms with Crippen LogP contribution in [0.2, 0.25) is 0 Å². The number of aliphatic hydroxyl groups excluding tert-OH is 1. The van der Waals surface area contributed by atoms with Gasteiger partial charge in [-0.05, 0) is 37.0 Å². The van der Waals surface area contributed by atoms with Gasteiger partial charge in [0, 0.05) is 12.1 Å². The number of rotatable bonds is 7. The quantitative estimate of drug-likeness (QED) is 0.712. The van der Waals surface area contributed by atoms with Gasteiger partial charge in [0.15, 0.2) is 0 Å². The molecule has 0 bridgehead atoms. The minimum atomic E-state index is -0.270. The minimum Gasteiger partial charge on any atom is -0.394 e. The third kappa shape index (κ3) is 4.79. The van der Waals surface area contributed by atoms with Crippen LogP contribution in [0.15, 0.2) is 24.3 Å². The van der Waals surface area contributed by atoms with Crippen LogP contribution in [0.1, 0.15) is 31.2 Å². The van der Waals surface area contributed by atoms with Crippen molar-refractivity contribution in [2.24, 2.45) is 0 Å². The van der Waals surface area contributed by atoms with Crippen molar-refractivity contribution in [1.29, 1.82) is 0 Å². The molecule has 0 spiro atoms. The number of hydrogen-bond acceptors (Lipinski definition) is 3. The first-order valence-corrected chi connectivity index (χ1v) is 7.51. The number of hydrogen-bond donors (Lipinski definition) is 3. The number of amides is 1. The summed E-state index contributed by atoms with van der Waals surface area (Å²) in [5.41, 5.74) is 0.723. The second-order valence-electron chi connectivity index (χ2n) is 5.73. The molecule has 1 saturated carbocycles. The van der Waals surface area contributed by atoms with Gasteiger partial charge in [-0.1, -0.05) is 25.0 Å². The third-order valence-electron chi connectivity index (χ3n) is 4.14. The van der Waals surface area contributed by atoms with E-state index in [-0.39, 0.29) is 30.4 Å². The average Bonchev–Trinajstić information content (AvgIpc) is 2.97. The minimum absolute atomic E-state index is 0.0724. The van der Waals surface area contributed by atoms with Crippen LogP contribution in [-0.2, 0) is 11.2 Å². The summed E-state index contributed by atoms with van der Waals surface area (Å²) in [6, 6.07) is 6.28. The Morgan fingerprint density at radius 2 is 1.90 bits per heavy atom. The molecule has 1 fully saturated rings. The van der Waals surface area contributed by atoms with Crippen LogP contribution in [0.5, 0.6) is 0 Å². The number of carbonyl (C=O) groups excluding carboxylic acids is 1. The second-order valence-corrected chi connectivity index (χ2v) is 5.73. The van der Waals surface area contributed by atoms with E-state index in [4.69, 9.17) is 0 Å². The molecule has 1 aromatic rings.